The highest BCUT2D eigenvalue weighted by Gasteiger charge is 2.27. The Morgan fingerprint density at radius 3 is 1.92 bits per heavy atom. The molecule has 0 aliphatic heterocycles. The zero-order valence-electron chi connectivity index (χ0n) is 9.79. The average molecular weight is 188 g/mol. The van der Waals surface area contributed by atoms with Gasteiger partial charge in [0.15, 0.2) is 0 Å². The van der Waals surface area contributed by atoms with Gasteiger partial charge in [-0.05, 0) is 11.3 Å². The summed E-state index contributed by atoms with van der Waals surface area (Å²) in [4.78, 5) is 0. The van der Waals surface area contributed by atoms with E-state index in [1.54, 1.807) is 7.11 Å². The van der Waals surface area contributed by atoms with E-state index in [1.807, 2.05) is 13.8 Å². The Bertz CT molecular complexity index is 136. The molecular formula is C11H24O2. The first-order valence-corrected chi connectivity index (χ1v) is 5.00. The maximum absolute atomic E-state index is 9.71. The summed E-state index contributed by atoms with van der Waals surface area (Å²) in [5, 5.41) is 9.71. The largest absolute Gasteiger partial charge is 0.393 e. The van der Waals surface area contributed by atoms with Gasteiger partial charge in [-0.15, -0.1) is 0 Å². The van der Waals surface area contributed by atoms with Crippen molar-refractivity contribution in [2.24, 2.45) is 11.3 Å². The van der Waals surface area contributed by atoms with Crippen LogP contribution >= 0.6 is 0 Å². The Hall–Kier alpha value is -0.0800. The molecular weight excluding hydrogens is 164 g/mol. The number of rotatable bonds is 4. The standard InChI is InChI=1S/C11H24O2/c1-8(2)9(12)7-10(13-6)11(3,4)5/h8-10,12H,7H2,1-6H3. The molecule has 0 aromatic heterocycles. The molecule has 13 heavy (non-hydrogen) atoms. The van der Waals surface area contributed by atoms with Crippen molar-refractivity contribution < 1.29 is 9.84 Å². The van der Waals surface area contributed by atoms with Gasteiger partial charge in [-0.2, -0.15) is 0 Å². The molecule has 0 aliphatic carbocycles. The predicted molar refractivity (Wildman–Crippen MR) is 55.7 cm³/mol. The zero-order chi connectivity index (χ0) is 10.6. The first-order valence-electron chi connectivity index (χ1n) is 5.00. The second-order valence-corrected chi connectivity index (χ2v) is 5.14. The van der Waals surface area contributed by atoms with Gasteiger partial charge in [0.2, 0.25) is 0 Å². The molecule has 2 atom stereocenters. The van der Waals surface area contributed by atoms with Crippen molar-refractivity contribution in [2.75, 3.05) is 7.11 Å². The molecule has 2 nitrogen and oxygen atoms in total. The third kappa shape index (κ3) is 4.63. The van der Waals surface area contributed by atoms with Crippen LogP contribution in [0.3, 0.4) is 0 Å². The van der Waals surface area contributed by atoms with E-state index in [-0.39, 0.29) is 17.6 Å². The van der Waals surface area contributed by atoms with E-state index in [1.165, 1.54) is 0 Å². The molecule has 0 aliphatic rings. The fourth-order valence-electron chi connectivity index (χ4n) is 1.29. The molecule has 0 fully saturated rings. The van der Waals surface area contributed by atoms with E-state index in [0.717, 1.165) is 6.42 Å². The summed E-state index contributed by atoms with van der Waals surface area (Å²) in [7, 11) is 1.71. The van der Waals surface area contributed by atoms with Crippen LogP contribution in [0.1, 0.15) is 41.0 Å². The molecule has 0 saturated carbocycles. The molecule has 0 aromatic rings. The van der Waals surface area contributed by atoms with Crippen molar-refractivity contribution in [1.29, 1.82) is 0 Å². The van der Waals surface area contributed by atoms with Crippen molar-refractivity contribution in [1.82, 2.24) is 0 Å². The third-order valence-corrected chi connectivity index (χ3v) is 2.48. The Morgan fingerprint density at radius 1 is 1.23 bits per heavy atom. The van der Waals surface area contributed by atoms with Crippen LogP contribution in [0.15, 0.2) is 0 Å². The fraction of sp³-hybridized carbons (Fsp3) is 1.00. The summed E-state index contributed by atoms with van der Waals surface area (Å²) in [6.07, 6.45) is 0.589. The van der Waals surface area contributed by atoms with Crippen LogP contribution in [-0.4, -0.2) is 24.4 Å². The van der Waals surface area contributed by atoms with Crippen LogP contribution in [0.4, 0.5) is 0 Å². The summed E-state index contributed by atoms with van der Waals surface area (Å²) in [6, 6.07) is 0. The molecule has 0 bridgehead atoms. The lowest BCUT2D eigenvalue weighted by Gasteiger charge is -2.31. The quantitative estimate of drug-likeness (QED) is 0.734. The number of methoxy groups -OCH3 is 1. The lowest BCUT2D eigenvalue weighted by molar-refractivity contribution is -0.0290. The van der Waals surface area contributed by atoms with Crippen LogP contribution in [0, 0.1) is 11.3 Å². The molecule has 0 aromatic carbocycles. The minimum Gasteiger partial charge on any atom is -0.393 e. The summed E-state index contributed by atoms with van der Waals surface area (Å²) < 4.78 is 5.38. The number of ether oxygens (including phenoxy) is 1. The first kappa shape index (κ1) is 12.9. The second-order valence-electron chi connectivity index (χ2n) is 5.14. The summed E-state index contributed by atoms with van der Waals surface area (Å²) in [6.45, 7) is 10.5. The van der Waals surface area contributed by atoms with E-state index in [9.17, 15) is 5.11 Å². The minimum absolute atomic E-state index is 0.102. The van der Waals surface area contributed by atoms with Crippen LogP contribution in [0.25, 0.3) is 0 Å². The van der Waals surface area contributed by atoms with Crippen LogP contribution in [-0.2, 0) is 4.74 Å². The molecule has 0 amide bonds. The fourth-order valence-corrected chi connectivity index (χ4v) is 1.29. The van der Waals surface area contributed by atoms with Crippen molar-refractivity contribution >= 4 is 0 Å². The highest BCUT2D eigenvalue weighted by molar-refractivity contribution is 4.78. The number of aliphatic hydroxyl groups excluding tert-OH is 1. The Balaban J connectivity index is 4.14. The highest BCUT2D eigenvalue weighted by atomic mass is 16.5. The summed E-state index contributed by atoms with van der Waals surface area (Å²) in [5.41, 5.74) is 0.102. The first-order chi connectivity index (χ1) is 5.79. The average Bonchev–Trinajstić information content (AvgIpc) is 1.96. The summed E-state index contributed by atoms with van der Waals surface area (Å²) in [5.74, 6) is 0.306. The predicted octanol–water partition coefficient (Wildman–Crippen LogP) is 2.45. The Labute approximate surface area is 82.3 Å². The minimum atomic E-state index is -0.260. The lowest BCUT2D eigenvalue weighted by atomic mass is 9.84. The molecule has 0 heterocycles. The van der Waals surface area contributed by atoms with Gasteiger partial charge in [0.1, 0.15) is 0 Å². The van der Waals surface area contributed by atoms with Crippen LogP contribution in [0.2, 0.25) is 0 Å². The van der Waals surface area contributed by atoms with Gasteiger partial charge in [0.05, 0.1) is 12.2 Å². The number of hydrogen-bond acceptors (Lipinski definition) is 2. The Kier molecular flexibility index (Phi) is 4.93. The van der Waals surface area contributed by atoms with Crippen molar-refractivity contribution in [3.63, 3.8) is 0 Å². The van der Waals surface area contributed by atoms with E-state index in [4.69, 9.17) is 4.74 Å². The van der Waals surface area contributed by atoms with Crippen LogP contribution in [0.5, 0.6) is 0 Å². The van der Waals surface area contributed by atoms with Gasteiger partial charge in [-0.3, -0.25) is 0 Å². The topological polar surface area (TPSA) is 29.5 Å². The zero-order valence-corrected chi connectivity index (χ0v) is 9.79. The maximum Gasteiger partial charge on any atom is 0.0644 e. The molecule has 2 heteroatoms. The van der Waals surface area contributed by atoms with Gasteiger partial charge in [0, 0.05) is 13.5 Å². The molecule has 0 rings (SSSR count). The maximum atomic E-state index is 9.71. The molecule has 0 saturated heterocycles. The van der Waals surface area contributed by atoms with Gasteiger partial charge < -0.3 is 9.84 Å². The molecule has 0 radical (unpaired) electrons. The lowest BCUT2D eigenvalue weighted by Crippen LogP contribution is -2.33. The van der Waals surface area contributed by atoms with E-state index in [0.29, 0.717) is 5.92 Å². The number of hydrogen-bond donors (Lipinski definition) is 1. The van der Waals surface area contributed by atoms with Gasteiger partial charge >= 0.3 is 0 Å². The van der Waals surface area contributed by atoms with Crippen molar-refractivity contribution in [3.8, 4) is 0 Å². The monoisotopic (exact) mass is 188 g/mol. The SMILES string of the molecule is COC(CC(O)C(C)C)C(C)(C)C. The highest BCUT2D eigenvalue weighted by Crippen LogP contribution is 2.26. The van der Waals surface area contributed by atoms with Gasteiger partial charge in [-0.1, -0.05) is 34.6 Å². The van der Waals surface area contributed by atoms with Crippen molar-refractivity contribution in [3.05, 3.63) is 0 Å². The molecule has 2 unspecified atom stereocenters. The Morgan fingerprint density at radius 2 is 1.69 bits per heavy atom. The van der Waals surface area contributed by atoms with Gasteiger partial charge in [0.25, 0.3) is 0 Å². The molecule has 0 spiro atoms. The summed E-state index contributed by atoms with van der Waals surface area (Å²) >= 11 is 0. The normalized spacial score (nSPS) is 17.5. The van der Waals surface area contributed by atoms with E-state index >= 15 is 0 Å². The molecule has 1 N–H and O–H groups in total. The second kappa shape index (κ2) is 4.97. The smallest absolute Gasteiger partial charge is 0.0644 e. The van der Waals surface area contributed by atoms with Gasteiger partial charge in [-0.25, -0.2) is 0 Å². The van der Waals surface area contributed by atoms with Crippen LogP contribution < -0.4 is 0 Å². The molecule has 80 valence electrons. The number of aliphatic hydroxyl groups is 1. The van der Waals surface area contributed by atoms with E-state index < -0.39 is 0 Å². The van der Waals surface area contributed by atoms with Crippen molar-refractivity contribution in [2.45, 2.75) is 53.2 Å². The van der Waals surface area contributed by atoms with E-state index in [2.05, 4.69) is 20.8 Å². The third-order valence-electron chi connectivity index (χ3n) is 2.48.